The van der Waals surface area contributed by atoms with Crippen LogP contribution in [0.4, 0.5) is 0 Å². The molecule has 118 valence electrons. The average molecular weight is 330 g/mol. The van der Waals surface area contributed by atoms with Gasteiger partial charge in [-0.3, -0.25) is 9.59 Å². The summed E-state index contributed by atoms with van der Waals surface area (Å²) in [5.74, 6) is 0.649. The summed E-state index contributed by atoms with van der Waals surface area (Å²) in [6.07, 6.45) is 0.366. The number of nitrogens with zero attached hydrogens (tertiary/aromatic N) is 1. The van der Waals surface area contributed by atoms with E-state index in [4.69, 9.17) is 5.11 Å². The Hall–Kier alpha value is -1.08. The van der Waals surface area contributed by atoms with Gasteiger partial charge in [0.15, 0.2) is 0 Å². The van der Waals surface area contributed by atoms with Gasteiger partial charge in [0, 0.05) is 29.3 Å². The number of carbonyl (C=O) groups excluding carboxylic acids is 1. The Morgan fingerprint density at radius 1 is 1.48 bits per heavy atom. The Morgan fingerprint density at radius 3 is 2.71 bits per heavy atom. The number of thioether (sulfide) groups is 1. The molecule has 0 aliphatic rings. The third kappa shape index (κ3) is 7.47. The summed E-state index contributed by atoms with van der Waals surface area (Å²) in [4.78, 5) is 26.9. The molecule has 7 heteroatoms. The normalized spacial score (nSPS) is 12.4. The lowest BCUT2D eigenvalue weighted by molar-refractivity contribution is -0.138. The molecule has 0 fully saturated rings. The quantitative estimate of drug-likeness (QED) is 0.681. The molecule has 1 atom stereocenters. The van der Waals surface area contributed by atoms with E-state index in [1.165, 1.54) is 0 Å². The first kappa shape index (κ1) is 18.0. The molecule has 1 unspecified atom stereocenters. The molecule has 1 aromatic heterocycles. The van der Waals surface area contributed by atoms with E-state index in [1.807, 2.05) is 26.2 Å². The molecule has 0 bridgehead atoms. The van der Waals surface area contributed by atoms with Crippen LogP contribution in [-0.4, -0.2) is 33.8 Å². The van der Waals surface area contributed by atoms with Gasteiger partial charge in [-0.15, -0.1) is 11.3 Å². The van der Waals surface area contributed by atoms with Crippen LogP contribution in [0, 0.1) is 12.8 Å². The van der Waals surface area contributed by atoms with Gasteiger partial charge >= 0.3 is 5.97 Å². The number of aliphatic carboxylic acids is 1. The number of nitrogens with one attached hydrogen (secondary N) is 1. The summed E-state index contributed by atoms with van der Waals surface area (Å²) in [5.41, 5.74) is 1.05. The second kappa shape index (κ2) is 9.04. The number of aromatic nitrogens is 1. The van der Waals surface area contributed by atoms with Crippen molar-refractivity contribution >= 4 is 35.0 Å². The first-order chi connectivity index (χ1) is 9.88. The summed E-state index contributed by atoms with van der Waals surface area (Å²) < 4.78 is 0. The van der Waals surface area contributed by atoms with Crippen molar-refractivity contribution in [1.29, 1.82) is 0 Å². The number of amides is 1. The first-order valence-electron chi connectivity index (χ1n) is 6.88. The smallest absolute Gasteiger partial charge is 0.305 e. The Balaban J connectivity index is 2.24. The van der Waals surface area contributed by atoms with Gasteiger partial charge in [-0.25, -0.2) is 4.98 Å². The zero-order chi connectivity index (χ0) is 15.8. The van der Waals surface area contributed by atoms with Gasteiger partial charge in [0.05, 0.1) is 17.1 Å². The minimum Gasteiger partial charge on any atom is -0.481 e. The predicted octanol–water partition coefficient (Wildman–Crippen LogP) is 2.69. The third-order valence-electron chi connectivity index (χ3n) is 2.94. The number of carbonyl (C=O) groups is 2. The Bertz CT molecular complexity index is 475. The maximum atomic E-state index is 11.8. The van der Waals surface area contributed by atoms with E-state index < -0.39 is 5.97 Å². The lowest BCUT2D eigenvalue weighted by atomic mass is 10.0. The molecule has 0 saturated carbocycles. The SMILES string of the molecule is Cc1nc(CSCCC(=O)NC(CC(=O)O)C(C)C)cs1. The fourth-order valence-electron chi connectivity index (χ4n) is 1.74. The van der Waals surface area contributed by atoms with E-state index in [9.17, 15) is 9.59 Å². The van der Waals surface area contributed by atoms with Crippen LogP contribution in [0.25, 0.3) is 0 Å². The molecule has 0 saturated heterocycles. The summed E-state index contributed by atoms with van der Waals surface area (Å²) in [7, 11) is 0. The standard InChI is InChI=1S/C14H22N2O3S2/c1-9(2)12(6-14(18)19)16-13(17)4-5-20-7-11-8-21-10(3)15-11/h8-9,12H,4-7H2,1-3H3,(H,16,17)(H,18,19). The van der Waals surface area contributed by atoms with Crippen molar-refractivity contribution < 1.29 is 14.7 Å². The van der Waals surface area contributed by atoms with Gasteiger partial charge < -0.3 is 10.4 Å². The monoisotopic (exact) mass is 330 g/mol. The second-order valence-corrected chi connectivity index (χ2v) is 7.34. The number of thiazole rings is 1. The average Bonchev–Trinajstić information content (AvgIpc) is 2.79. The van der Waals surface area contributed by atoms with E-state index in [1.54, 1.807) is 23.1 Å². The van der Waals surface area contributed by atoms with Crippen LogP contribution in [0.3, 0.4) is 0 Å². The molecule has 1 rings (SSSR count). The lowest BCUT2D eigenvalue weighted by Crippen LogP contribution is -2.40. The number of carboxylic acid groups (broad SMARTS) is 1. The molecule has 0 radical (unpaired) electrons. The molecule has 0 aliphatic heterocycles. The number of hydrogen-bond donors (Lipinski definition) is 2. The van der Waals surface area contributed by atoms with Gasteiger partial charge in [0.1, 0.15) is 0 Å². The van der Waals surface area contributed by atoms with Crippen molar-refractivity contribution in [1.82, 2.24) is 10.3 Å². The highest BCUT2D eigenvalue weighted by Gasteiger charge is 2.19. The van der Waals surface area contributed by atoms with Crippen LogP contribution in [0.15, 0.2) is 5.38 Å². The highest BCUT2D eigenvalue weighted by atomic mass is 32.2. The molecule has 1 aromatic rings. The highest BCUT2D eigenvalue weighted by Crippen LogP contribution is 2.16. The van der Waals surface area contributed by atoms with E-state index in [0.29, 0.717) is 12.2 Å². The van der Waals surface area contributed by atoms with Gasteiger partial charge in [-0.05, 0) is 12.8 Å². The van der Waals surface area contributed by atoms with Crippen LogP contribution in [-0.2, 0) is 15.3 Å². The Labute approximate surface area is 133 Å². The fourth-order valence-corrected chi connectivity index (χ4v) is 3.29. The van der Waals surface area contributed by atoms with E-state index in [2.05, 4.69) is 10.3 Å². The third-order valence-corrected chi connectivity index (χ3v) is 4.75. The second-order valence-electron chi connectivity index (χ2n) is 5.18. The summed E-state index contributed by atoms with van der Waals surface area (Å²) >= 11 is 3.29. The molecule has 0 aliphatic carbocycles. The van der Waals surface area contributed by atoms with Crippen LogP contribution in [0.2, 0.25) is 0 Å². The number of carboxylic acids is 1. The summed E-state index contributed by atoms with van der Waals surface area (Å²) in [6, 6.07) is -0.304. The number of hydrogen-bond acceptors (Lipinski definition) is 5. The zero-order valence-electron chi connectivity index (χ0n) is 12.6. The maximum Gasteiger partial charge on any atom is 0.305 e. The topological polar surface area (TPSA) is 79.3 Å². The Kier molecular flexibility index (Phi) is 7.74. The molecule has 1 amide bonds. The van der Waals surface area contributed by atoms with Crippen molar-refractivity contribution in [2.45, 2.75) is 45.4 Å². The van der Waals surface area contributed by atoms with Crippen molar-refractivity contribution in [3.63, 3.8) is 0 Å². The van der Waals surface area contributed by atoms with Crippen molar-refractivity contribution in [3.05, 3.63) is 16.1 Å². The van der Waals surface area contributed by atoms with E-state index in [0.717, 1.165) is 16.5 Å². The predicted molar refractivity (Wildman–Crippen MR) is 86.7 cm³/mol. The molecule has 0 aromatic carbocycles. The Morgan fingerprint density at radius 2 is 2.19 bits per heavy atom. The van der Waals surface area contributed by atoms with Crippen LogP contribution >= 0.6 is 23.1 Å². The largest absolute Gasteiger partial charge is 0.481 e. The molecule has 5 nitrogen and oxygen atoms in total. The van der Waals surface area contributed by atoms with Crippen molar-refractivity contribution in [3.8, 4) is 0 Å². The van der Waals surface area contributed by atoms with E-state index in [-0.39, 0.29) is 24.3 Å². The molecule has 0 spiro atoms. The van der Waals surface area contributed by atoms with E-state index >= 15 is 0 Å². The lowest BCUT2D eigenvalue weighted by Gasteiger charge is -2.20. The number of rotatable bonds is 9. The highest BCUT2D eigenvalue weighted by molar-refractivity contribution is 7.98. The van der Waals surface area contributed by atoms with Gasteiger partial charge in [-0.2, -0.15) is 11.8 Å². The minimum absolute atomic E-state index is 0.0331. The van der Waals surface area contributed by atoms with Gasteiger partial charge in [-0.1, -0.05) is 13.8 Å². The van der Waals surface area contributed by atoms with Crippen LogP contribution in [0.1, 0.15) is 37.4 Å². The number of aryl methyl sites for hydroxylation is 1. The van der Waals surface area contributed by atoms with Crippen molar-refractivity contribution in [2.24, 2.45) is 5.92 Å². The minimum atomic E-state index is -0.887. The molecule has 21 heavy (non-hydrogen) atoms. The maximum absolute atomic E-state index is 11.8. The summed E-state index contributed by atoms with van der Waals surface area (Å²) in [5, 5.41) is 14.7. The molecular formula is C14H22N2O3S2. The van der Waals surface area contributed by atoms with Crippen LogP contribution in [0.5, 0.6) is 0 Å². The molecular weight excluding hydrogens is 308 g/mol. The van der Waals surface area contributed by atoms with Crippen LogP contribution < -0.4 is 5.32 Å². The zero-order valence-corrected chi connectivity index (χ0v) is 14.2. The van der Waals surface area contributed by atoms with Gasteiger partial charge in [0.25, 0.3) is 0 Å². The molecule has 2 N–H and O–H groups in total. The molecule has 1 heterocycles. The van der Waals surface area contributed by atoms with Gasteiger partial charge in [0.2, 0.25) is 5.91 Å². The fraction of sp³-hybridized carbons (Fsp3) is 0.643. The van der Waals surface area contributed by atoms with Crippen molar-refractivity contribution in [2.75, 3.05) is 5.75 Å². The summed E-state index contributed by atoms with van der Waals surface area (Å²) in [6.45, 7) is 5.79. The first-order valence-corrected chi connectivity index (χ1v) is 8.91.